The third-order valence-electron chi connectivity index (χ3n) is 1.95. The zero-order valence-electron chi connectivity index (χ0n) is 10.1. The number of aliphatic carboxylic acids is 1. The van der Waals surface area contributed by atoms with Crippen LogP contribution in [0.1, 0.15) is 32.6 Å². The van der Waals surface area contributed by atoms with Crippen LogP contribution in [0.25, 0.3) is 0 Å². The first-order chi connectivity index (χ1) is 7.80. The highest BCUT2D eigenvalue weighted by Gasteiger charge is 2.21. The van der Waals surface area contributed by atoms with Gasteiger partial charge in [0.05, 0.1) is 5.75 Å². The summed E-state index contributed by atoms with van der Waals surface area (Å²) in [5, 5.41) is 16.4. The molecule has 6 nitrogen and oxygen atoms in total. The Morgan fingerprint density at radius 1 is 1.53 bits per heavy atom. The van der Waals surface area contributed by atoms with Crippen molar-refractivity contribution in [1.82, 2.24) is 10.2 Å². The van der Waals surface area contributed by atoms with Crippen molar-refractivity contribution in [3.8, 4) is 0 Å². The minimum atomic E-state index is -1.00. The molecule has 3 N–H and O–H groups in total. The van der Waals surface area contributed by atoms with Crippen molar-refractivity contribution in [3.63, 3.8) is 0 Å². The quantitative estimate of drug-likeness (QED) is 0.813. The molecule has 0 saturated heterocycles. The molecular weight excluding hydrogens is 242 g/mol. The topological polar surface area (TPSA) is 102 Å². The second kappa shape index (κ2) is 5.50. The van der Waals surface area contributed by atoms with Gasteiger partial charge in [0.2, 0.25) is 11.8 Å². The van der Waals surface area contributed by atoms with E-state index in [-0.39, 0.29) is 5.41 Å². The Labute approximate surface area is 104 Å². The first kappa shape index (κ1) is 14.0. The monoisotopic (exact) mass is 259 g/mol. The van der Waals surface area contributed by atoms with Gasteiger partial charge in [0, 0.05) is 11.2 Å². The van der Waals surface area contributed by atoms with Crippen LogP contribution in [0.4, 0.5) is 0 Å². The molecule has 0 unspecified atom stereocenters. The summed E-state index contributed by atoms with van der Waals surface area (Å²) in [5.41, 5.74) is 5.19. The van der Waals surface area contributed by atoms with Crippen LogP contribution in [0.3, 0.4) is 0 Å². The predicted molar refractivity (Wildman–Crippen MR) is 64.8 cm³/mol. The van der Waals surface area contributed by atoms with Crippen molar-refractivity contribution >= 4 is 17.7 Å². The van der Waals surface area contributed by atoms with E-state index < -0.39 is 12.0 Å². The highest BCUT2D eigenvalue weighted by atomic mass is 32.2. The van der Waals surface area contributed by atoms with Gasteiger partial charge in [-0.1, -0.05) is 20.8 Å². The molecule has 17 heavy (non-hydrogen) atoms. The zero-order chi connectivity index (χ0) is 13.1. The van der Waals surface area contributed by atoms with E-state index in [9.17, 15) is 4.79 Å². The molecule has 0 radical (unpaired) electrons. The number of aromatic nitrogens is 2. The summed E-state index contributed by atoms with van der Waals surface area (Å²) in [7, 11) is 0. The van der Waals surface area contributed by atoms with Gasteiger partial charge in [-0.25, -0.2) is 0 Å². The normalized spacial score (nSPS) is 13.6. The number of hydrogen-bond acceptors (Lipinski definition) is 6. The molecule has 0 aliphatic rings. The molecule has 0 aliphatic heterocycles. The number of thioether (sulfide) groups is 1. The molecule has 1 heterocycles. The van der Waals surface area contributed by atoms with Crippen LogP contribution in [0.5, 0.6) is 0 Å². The third-order valence-corrected chi connectivity index (χ3v) is 2.99. The van der Waals surface area contributed by atoms with Crippen LogP contribution in [-0.2, 0) is 16.0 Å². The lowest BCUT2D eigenvalue weighted by Gasteiger charge is -2.10. The van der Waals surface area contributed by atoms with Crippen LogP contribution in [0.2, 0.25) is 0 Å². The largest absolute Gasteiger partial charge is 0.480 e. The molecule has 1 aromatic rings. The van der Waals surface area contributed by atoms with Crippen molar-refractivity contribution in [2.45, 2.75) is 38.0 Å². The second-order valence-electron chi connectivity index (χ2n) is 4.71. The molecule has 0 saturated carbocycles. The maximum Gasteiger partial charge on any atom is 0.321 e. The molecular formula is C10H17N3O3S. The molecule has 0 fully saturated rings. The Morgan fingerprint density at radius 2 is 2.18 bits per heavy atom. The molecule has 0 amide bonds. The van der Waals surface area contributed by atoms with Crippen molar-refractivity contribution in [1.29, 1.82) is 0 Å². The summed E-state index contributed by atoms with van der Waals surface area (Å²) in [6.07, 6.45) is 0. The number of carboxylic acid groups (broad SMARTS) is 1. The Balaban J connectivity index is 2.43. The van der Waals surface area contributed by atoms with E-state index in [0.29, 0.717) is 23.3 Å². The first-order valence-corrected chi connectivity index (χ1v) is 6.35. The van der Waals surface area contributed by atoms with Gasteiger partial charge in [-0.05, 0) is 0 Å². The minimum Gasteiger partial charge on any atom is -0.480 e. The maximum atomic E-state index is 10.5. The van der Waals surface area contributed by atoms with Crippen molar-refractivity contribution in [2.24, 2.45) is 5.73 Å². The van der Waals surface area contributed by atoms with Crippen molar-refractivity contribution in [2.75, 3.05) is 5.75 Å². The van der Waals surface area contributed by atoms with E-state index in [0.717, 1.165) is 0 Å². The van der Waals surface area contributed by atoms with Gasteiger partial charge in [-0.15, -0.1) is 22.0 Å². The Morgan fingerprint density at radius 3 is 2.65 bits per heavy atom. The maximum absolute atomic E-state index is 10.5. The van der Waals surface area contributed by atoms with E-state index in [1.165, 1.54) is 11.8 Å². The third kappa shape index (κ3) is 4.35. The lowest BCUT2D eigenvalue weighted by atomic mass is 9.97. The van der Waals surface area contributed by atoms with Gasteiger partial charge in [0.1, 0.15) is 6.04 Å². The van der Waals surface area contributed by atoms with Crippen LogP contribution in [-0.4, -0.2) is 33.1 Å². The second-order valence-corrected chi connectivity index (χ2v) is 5.74. The lowest BCUT2D eigenvalue weighted by molar-refractivity contribution is -0.137. The summed E-state index contributed by atoms with van der Waals surface area (Å²) in [6.45, 7) is 5.95. The van der Waals surface area contributed by atoms with Crippen molar-refractivity contribution < 1.29 is 14.3 Å². The van der Waals surface area contributed by atoms with E-state index in [1.807, 2.05) is 20.8 Å². The molecule has 0 bridgehead atoms. The fourth-order valence-corrected chi connectivity index (χ4v) is 1.77. The van der Waals surface area contributed by atoms with E-state index in [1.54, 1.807) is 0 Å². The molecule has 0 spiro atoms. The summed E-state index contributed by atoms with van der Waals surface area (Å²) < 4.78 is 5.46. The minimum absolute atomic E-state index is 0.173. The van der Waals surface area contributed by atoms with E-state index >= 15 is 0 Å². The van der Waals surface area contributed by atoms with Gasteiger partial charge in [-0.2, -0.15) is 0 Å². The zero-order valence-corrected chi connectivity index (χ0v) is 11.0. The van der Waals surface area contributed by atoms with Gasteiger partial charge in [0.25, 0.3) is 0 Å². The molecule has 1 aromatic heterocycles. The SMILES string of the molecule is CC(C)(C)c1nnc(CSC[C@@H](N)C(=O)O)o1. The van der Waals surface area contributed by atoms with Crippen LogP contribution in [0.15, 0.2) is 4.42 Å². The van der Waals surface area contributed by atoms with Gasteiger partial charge < -0.3 is 15.3 Å². The lowest BCUT2D eigenvalue weighted by Crippen LogP contribution is -2.32. The Hall–Kier alpha value is -1.08. The first-order valence-electron chi connectivity index (χ1n) is 5.19. The van der Waals surface area contributed by atoms with Crippen LogP contribution < -0.4 is 5.73 Å². The highest BCUT2D eigenvalue weighted by Crippen LogP contribution is 2.21. The number of nitrogens with zero attached hydrogens (tertiary/aromatic N) is 2. The number of nitrogens with two attached hydrogens (primary N) is 1. The highest BCUT2D eigenvalue weighted by molar-refractivity contribution is 7.98. The summed E-state index contributed by atoms with van der Waals surface area (Å²) in [6, 6.07) is -0.856. The molecule has 7 heteroatoms. The van der Waals surface area contributed by atoms with Gasteiger partial charge in [-0.3, -0.25) is 4.79 Å². The average Bonchev–Trinajstić information content (AvgIpc) is 2.65. The molecule has 96 valence electrons. The van der Waals surface area contributed by atoms with Crippen LogP contribution in [0, 0.1) is 0 Å². The summed E-state index contributed by atoms with van der Waals surface area (Å²) in [4.78, 5) is 10.5. The van der Waals surface area contributed by atoms with Gasteiger partial charge in [0.15, 0.2) is 0 Å². The molecule has 1 rings (SSSR count). The van der Waals surface area contributed by atoms with Crippen molar-refractivity contribution in [3.05, 3.63) is 11.8 Å². The van der Waals surface area contributed by atoms with Crippen LogP contribution >= 0.6 is 11.8 Å². The fraction of sp³-hybridized carbons (Fsp3) is 0.700. The number of carboxylic acids is 1. The van der Waals surface area contributed by atoms with E-state index in [2.05, 4.69) is 10.2 Å². The van der Waals surface area contributed by atoms with Gasteiger partial charge >= 0.3 is 5.97 Å². The predicted octanol–water partition coefficient (Wildman–Crippen LogP) is 1.01. The molecule has 0 aliphatic carbocycles. The molecule has 0 aromatic carbocycles. The Kier molecular flexibility index (Phi) is 4.53. The summed E-state index contributed by atoms with van der Waals surface area (Å²) in [5.74, 6) is 0.874. The molecule has 1 atom stereocenters. The number of rotatable bonds is 5. The average molecular weight is 259 g/mol. The van der Waals surface area contributed by atoms with E-state index in [4.69, 9.17) is 15.3 Å². The summed E-state index contributed by atoms with van der Waals surface area (Å²) >= 11 is 1.36. The Bertz CT molecular complexity index is 386. The fourth-order valence-electron chi connectivity index (χ4n) is 0.960. The number of hydrogen-bond donors (Lipinski definition) is 2. The number of carbonyl (C=O) groups is 1. The smallest absolute Gasteiger partial charge is 0.321 e. The standard InChI is InChI=1S/C10H17N3O3S/c1-10(2,3)9-13-12-7(16-9)5-17-4-6(11)8(14)15/h6H,4-5,11H2,1-3H3,(H,14,15)/t6-/m1/s1.